The molecule has 76 valence electrons. The zero-order valence-electron chi connectivity index (χ0n) is 7.99. The Morgan fingerprint density at radius 3 is 3.00 bits per heavy atom. The van der Waals surface area contributed by atoms with Crippen molar-refractivity contribution in [2.75, 3.05) is 6.73 Å². The maximum Gasteiger partial charge on any atom is 0.303 e. The van der Waals surface area contributed by atoms with Crippen LogP contribution in [-0.4, -0.2) is 17.8 Å². The minimum atomic E-state index is -0.312. The Balaban J connectivity index is 2.28. The van der Waals surface area contributed by atoms with Crippen LogP contribution in [-0.2, 0) is 16.1 Å². The van der Waals surface area contributed by atoms with Gasteiger partial charge in [0.05, 0.1) is 0 Å². The molecule has 0 radical (unpaired) electrons. The van der Waals surface area contributed by atoms with Gasteiger partial charge in [-0.2, -0.15) is 0 Å². The molecule has 0 aliphatic heterocycles. The number of carbonyl (C=O) groups is 1. The van der Waals surface area contributed by atoms with E-state index in [0.29, 0.717) is 6.54 Å². The second-order valence-electron chi connectivity index (χ2n) is 2.88. The second kappa shape index (κ2) is 5.24. The highest BCUT2D eigenvalue weighted by atomic mass is 16.5. The predicted octanol–water partition coefficient (Wildman–Crippen LogP) is 1.00. The van der Waals surface area contributed by atoms with Crippen molar-refractivity contribution in [3.63, 3.8) is 0 Å². The van der Waals surface area contributed by atoms with E-state index in [-0.39, 0.29) is 18.4 Å². The molecule has 0 aliphatic rings. The Labute approximate surface area is 82.5 Å². The fraction of sp³-hybridized carbons (Fsp3) is 0.300. The van der Waals surface area contributed by atoms with Crippen molar-refractivity contribution in [3.8, 4) is 5.75 Å². The summed E-state index contributed by atoms with van der Waals surface area (Å²) in [6.07, 6.45) is 0. The molecule has 0 saturated heterocycles. The molecular weight excluding hydrogens is 182 g/mol. The number of carbonyl (C=O) groups excluding carboxylic acids is 1. The van der Waals surface area contributed by atoms with E-state index in [1.807, 2.05) is 6.07 Å². The van der Waals surface area contributed by atoms with Gasteiger partial charge < -0.3 is 9.84 Å². The van der Waals surface area contributed by atoms with Crippen LogP contribution in [0, 0.1) is 0 Å². The second-order valence-corrected chi connectivity index (χ2v) is 2.88. The number of hydrogen-bond acceptors (Lipinski definition) is 4. The van der Waals surface area contributed by atoms with Crippen molar-refractivity contribution in [3.05, 3.63) is 29.8 Å². The van der Waals surface area contributed by atoms with E-state index >= 15 is 0 Å². The fourth-order valence-electron chi connectivity index (χ4n) is 1.01. The lowest BCUT2D eigenvalue weighted by molar-refractivity contribution is -0.141. The monoisotopic (exact) mass is 195 g/mol. The van der Waals surface area contributed by atoms with Crippen molar-refractivity contribution in [1.29, 1.82) is 0 Å². The first kappa shape index (κ1) is 10.5. The average Bonchev–Trinajstić information content (AvgIpc) is 2.12. The lowest BCUT2D eigenvalue weighted by atomic mass is 10.2. The molecular formula is C10H13NO3. The van der Waals surface area contributed by atoms with Gasteiger partial charge in [0, 0.05) is 13.5 Å². The molecule has 0 bridgehead atoms. The van der Waals surface area contributed by atoms with Gasteiger partial charge in [-0.25, -0.2) is 0 Å². The maximum atomic E-state index is 10.4. The topological polar surface area (TPSA) is 58.6 Å². The van der Waals surface area contributed by atoms with E-state index < -0.39 is 0 Å². The number of phenolic OH excluding ortho intramolecular Hbond substituents is 1. The van der Waals surface area contributed by atoms with E-state index in [4.69, 9.17) is 5.11 Å². The molecule has 0 saturated carbocycles. The van der Waals surface area contributed by atoms with Crippen molar-refractivity contribution in [2.45, 2.75) is 13.5 Å². The van der Waals surface area contributed by atoms with Crippen LogP contribution in [0.3, 0.4) is 0 Å². The molecule has 14 heavy (non-hydrogen) atoms. The summed E-state index contributed by atoms with van der Waals surface area (Å²) in [7, 11) is 0. The molecule has 0 spiro atoms. The van der Waals surface area contributed by atoms with Crippen LogP contribution < -0.4 is 5.32 Å². The van der Waals surface area contributed by atoms with Crippen LogP contribution >= 0.6 is 0 Å². The molecule has 4 heteroatoms. The van der Waals surface area contributed by atoms with E-state index in [1.54, 1.807) is 18.2 Å². The van der Waals surface area contributed by atoms with Crippen molar-refractivity contribution in [1.82, 2.24) is 5.32 Å². The number of hydrogen-bond donors (Lipinski definition) is 2. The minimum absolute atomic E-state index is 0.186. The lowest BCUT2D eigenvalue weighted by Crippen LogP contribution is -2.19. The highest BCUT2D eigenvalue weighted by Crippen LogP contribution is 2.10. The summed E-state index contributed by atoms with van der Waals surface area (Å²) in [5.74, 6) is -0.0785. The zero-order valence-corrected chi connectivity index (χ0v) is 7.99. The van der Waals surface area contributed by atoms with Gasteiger partial charge in [-0.15, -0.1) is 0 Å². The molecule has 4 nitrogen and oxygen atoms in total. The number of esters is 1. The smallest absolute Gasteiger partial charge is 0.303 e. The Hall–Kier alpha value is -1.55. The highest BCUT2D eigenvalue weighted by molar-refractivity contribution is 5.65. The van der Waals surface area contributed by atoms with Crippen LogP contribution in [0.5, 0.6) is 5.75 Å². The Bertz CT molecular complexity index is 312. The van der Waals surface area contributed by atoms with Gasteiger partial charge in [0.1, 0.15) is 12.5 Å². The van der Waals surface area contributed by atoms with Gasteiger partial charge in [-0.05, 0) is 17.7 Å². The first-order chi connectivity index (χ1) is 6.68. The number of aromatic hydroxyl groups is 1. The van der Waals surface area contributed by atoms with Gasteiger partial charge in [0.15, 0.2) is 0 Å². The molecule has 0 fully saturated rings. The maximum absolute atomic E-state index is 10.4. The zero-order chi connectivity index (χ0) is 10.4. The van der Waals surface area contributed by atoms with Gasteiger partial charge in [-0.1, -0.05) is 12.1 Å². The summed E-state index contributed by atoms with van der Waals surface area (Å²) >= 11 is 0. The molecule has 0 unspecified atom stereocenters. The van der Waals surface area contributed by atoms with E-state index in [0.717, 1.165) is 5.56 Å². The molecule has 0 atom stereocenters. The average molecular weight is 195 g/mol. The molecule has 1 rings (SSSR count). The molecule has 1 aromatic rings. The number of phenols is 1. The SMILES string of the molecule is CC(=O)OCNCc1cccc(O)c1. The molecule has 2 N–H and O–H groups in total. The summed E-state index contributed by atoms with van der Waals surface area (Å²) < 4.78 is 4.68. The minimum Gasteiger partial charge on any atom is -0.508 e. The highest BCUT2D eigenvalue weighted by Gasteiger charge is 1.95. The molecule has 0 amide bonds. The summed E-state index contributed by atoms with van der Waals surface area (Å²) in [6.45, 7) is 2.10. The summed E-state index contributed by atoms with van der Waals surface area (Å²) in [6, 6.07) is 6.90. The van der Waals surface area contributed by atoms with Crippen molar-refractivity contribution >= 4 is 5.97 Å². The third-order valence-electron chi connectivity index (χ3n) is 1.62. The lowest BCUT2D eigenvalue weighted by Gasteiger charge is -2.04. The number of ether oxygens (including phenoxy) is 1. The quantitative estimate of drug-likeness (QED) is 0.427. The first-order valence-electron chi connectivity index (χ1n) is 4.30. The molecule has 0 aromatic heterocycles. The van der Waals surface area contributed by atoms with E-state index in [1.165, 1.54) is 6.92 Å². The summed E-state index contributed by atoms with van der Waals surface area (Å²) in [5, 5.41) is 12.1. The first-order valence-corrected chi connectivity index (χ1v) is 4.30. The molecule has 0 heterocycles. The van der Waals surface area contributed by atoms with Crippen LogP contribution in [0.2, 0.25) is 0 Å². The number of rotatable bonds is 4. The largest absolute Gasteiger partial charge is 0.508 e. The van der Waals surface area contributed by atoms with Gasteiger partial charge >= 0.3 is 5.97 Å². The van der Waals surface area contributed by atoms with Gasteiger partial charge in [0.25, 0.3) is 0 Å². The van der Waals surface area contributed by atoms with Crippen LogP contribution in [0.4, 0.5) is 0 Å². The normalized spacial score (nSPS) is 9.79. The van der Waals surface area contributed by atoms with Crippen LogP contribution in [0.1, 0.15) is 12.5 Å². The fourth-order valence-corrected chi connectivity index (χ4v) is 1.01. The van der Waals surface area contributed by atoms with E-state index in [2.05, 4.69) is 10.1 Å². The van der Waals surface area contributed by atoms with Crippen molar-refractivity contribution < 1.29 is 14.6 Å². The number of benzene rings is 1. The van der Waals surface area contributed by atoms with Crippen molar-refractivity contribution in [2.24, 2.45) is 0 Å². The summed E-state index contributed by atoms with van der Waals surface area (Å²) in [4.78, 5) is 10.4. The van der Waals surface area contributed by atoms with Gasteiger partial charge in [-0.3, -0.25) is 10.1 Å². The number of nitrogens with one attached hydrogen (secondary N) is 1. The molecule has 0 aliphatic carbocycles. The third kappa shape index (κ3) is 3.91. The Morgan fingerprint density at radius 2 is 2.36 bits per heavy atom. The Kier molecular flexibility index (Phi) is 3.94. The van der Waals surface area contributed by atoms with Crippen LogP contribution in [0.15, 0.2) is 24.3 Å². The van der Waals surface area contributed by atoms with Gasteiger partial charge in [0.2, 0.25) is 0 Å². The third-order valence-corrected chi connectivity index (χ3v) is 1.62. The molecule has 1 aromatic carbocycles. The van der Waals surface area contributed by atoms with E-state index in [9.17, 15) is 4.79 Å². The summed E-state index contributed by atoms with van der Waals surface area (Å²) in [5.41, 5.74) is 0.942. The predicted molar refractivity (Wildman–Crippen MR) is 51.6 cm³/mol. The van der Waals surface area contributed by atoms with Crippen LogP contribution in [0.25, 0.3) is 0 Å². The standard InChI is InChI=1S/C10H13NO3/c1-8(12)14-7-11-6-9-3-2-4-10(13)5-9/h2-5,11,13H,6-7H2,1H3. The Morgan fingerprint density at radius 1 is 1.57 bits per heavy atom.